The summed E-state index contributed by atoms with van der Waals surface area (Å²) < 4.78 is 55.1. The third-order valence-corrected chi connectivity index (χ3v) is 7.60. The number of nitrogens with one attached hydrogen (secondary N) is 1. The average molecular weight is 566 g/mol. The van der Waals surface area contributed by atoms with Gasteiger partial charge in [0.1, 0.15) is 17.2 Å². The van der Waals surface area contributed by atoms with E-state index in [-0.39, 0.29) is 18.2 Å². The maximum atomic E-state index is 13.8. The van der Waals surface area contributed by atoms with Crippen molar-refractivity contribution < 1.29 is 42.1 Å². The molecule has 1 atom stereocenters. The van der Waals surface area contributed by atoms with E-state index in [1.165, 1.54) is 24.3 Å². The van der Waals surface area contributed by atoms with Gasteiger partial charge in [-0.15, -0.1) is 0 Å². The van der Waals surface area contributed by atoms with Crippen LogP contribution in [-0.2, 0) is 42.4 Å². The molecule has 3 aliphatic rings. The molecule has 3 heterocycles. The second-order valence-electron chi connectivity index (χ2n) is 10.3. The Balaban J connectivity index is 0.986. The second kappa shape index (κ2) is 11.1. The van der Waals surface area contributed by atoms with E-state index in [2.05, 4.69) is 5.32 Å². The normalized spacial score (nSPS) is 20.1. The largest absolute Gasteiger partial charge is 0.477 e. The summed E-state index contributed by atoms with van der Waals surface area (Å²) in [6, 6.07) is 16.5. The standard InChI is InChI=1S/C31H29F2NO7/c32-23-10-8-22(9-11-23)30(25-13-12-24(33)17-21(25)18-38-30)14-1-2-15-34-16-4-6-20-5-3-7-26-27(20)37-19-31(39-26)40-28(35)29(36)41-31/h3,5,7-13,17,34H,1-2,4,6,14-16,18-19H2. The Labute approximate surface area is 235 Å². The predicted molar refractivity (Wildman–Crippen MR) is 141 cm³/mol. The van der Waals surface area contributed by atoms with Crippen LogP contribution in [0.1, 0.15) is 47.9 Å². The zero-order valence-electron chi connectivity index (χ0n) is 22.3. The average Bonchev–Trinajstić information content (AvgIpc) is 3.46. The zero-order chi connectivity index (χ0) is 28.5. The summed E-state index contributed by atoms with van der Waals surface area (Å²) >= 11 is 0. The number of ether oxygens (including phenoxy) is 5. The van der Waals surface area contributed by atoms with Gasteiger partial charge in [-0.25, -0.2) is 18.4 Å². The topological polar surface area (TPSA) is 92.3 Å². The van der Waals surface area contributed by atoms with E-state index in [1.807, 2.05) is 6.07 Å². The van der Waals surface area contributed by atoms with Crippen molar-refractivity contribution in [2.75, 3.05) is 19.7 Å². The zero-order valence-corrected chi connectivity index (χ0v) is 22.3. The molecule has 1 unspecified atom stereocenters. The molecule has 0 radical (unpaired) electrons. The molecule has 6 rings (SSSR count). The molecule has 0 aliphatic carbocycles. The fraction of sp³-hybridized carbons (Fsp3) is 0.355. The van der Waals surface area contributed by atoms with Crippen LogP contribution in [0.15, 0.2) is 60.7 Å². The van der Waals surface area contributed by atoms with Gasteiger partial charge < -0.3 is 29.0 Å². The van der Waals surface area contributed by atoms with Crippen molar-refractivity contribution >= 4 is 11.9 Å². The highest BCUT2D eigenvalue weighted by atomic mass is 19.1. The number of aryl methyl sites for hydroxylation is 1. The monoisotopic (exact) mass is 565 g/mol. The molecule has 1 spiro atoms. The number of fused-ring (bicyclic) bond motifs is 2. The van der Waals surface area contributed by atoms with Crippen LogP contribution in [0, 0.1) is 11.6 Å². The van der Waals surface area contributed by atoms with Gasteiger partial charge in [0.25, 0.3) is 0 Å². The van der Waals surface area contributed by atoms with E-state index < -0.39 is 23.5 Å². The number of halogens is 2. The third-order valence-electron chi connectivity index (χ3n) is 7.60. The molecule has 3 aromatic carbocycles. The number of carbonyl (C=O) groups is 2. The second-order valence-corrected chi connectivity index (χ2v) is 10.3. The van der Waals surface area contributed by atoms with Crippen molar-refractivity contribution in [1.29, 1.82) is 0 Å². The van der Waals surface area contributed by atoms with Crippen molar-refractivity contribution in [3.63, 3.8) is 0 Å². The maximum absolute atomic E-state index is 13.8. The van der Waals surface area contributed by atoms with Crippen LogP contribution in [0.25, 0.3) is 0 Å². The van der Waals surface area contributed by atoms with Crippen molar-refractivity contribution in [3.8, 4) is 11.5 Å². The number of carbonyl (C=O) groups excluding carboxylic acids is 2. The number of rotatable bonds is 10. The molecule has 1 N–H and O–H groups in total. The van der Waals surface area contributed by atoms with Gasteiger partial charge in [-0.2, -0.15) is 0 Å². The van der Waals surface area contributed by atoms with Gasteiger partial charge in [-0.05, 0) is 97.8 Å². The van der Waals surface area contributed by atoms with E-state index in [0.717, 1.165) is 61.0 Å². The first kappa shape index (κ1) is 27.2. The van der Waals surface area contributed by atoms with Gasteiger partial charge in [-0.1, -0.05) is 30.3 Å². The lowest BCUT2D eigenvalue weighted by atomic mass is 9.81. The van der Waals surface area contributed by atoms with Crippen LogP contribution in [-0.4, -0.2) is 37.6 Å². The van der Waals surface area contributed by atoms with Crippen LogP contribution in [0.3, 0.4) is 0 Å². The Morgan fingerprint density at radius 2 is 1.59 bits per heavy atom. The minimum atomic E-state index is -1.86. The van der Waals surface area contributed by atoms with Gasteiger partial charge in [0.2, 0.25) is 6.61 Å². The van der Waals surface area contributed by atoms with Crippen LogP contribution in [0.2, 0.25) is 0 Å². The van der Waals surface area contributed by atoms with Crippen LogP contribution < -0.4 is 14.8 Å². The summed E-state index contributed by atoms with van der Waals surface area (Å²) in [6.07, 6.45) is 4.02. The first-order chi connectivity index (χ1) is 19.9. The Hall–Kier alpha value is -4.02. The number of para-hydroxylation sites is 1. The molecular formula is C31H29F2NO7. The smallest absolute Gasteiger partial charge is 0.458 e. The highest BCUT2D eigenvalue weighted by Gasteiger charge is 2.55. The summed E-state index contributed by atoms with van der Waals surface area (Å²) in [5.41, 5.74) is 2.84. The molecule has 0 aromatic heterocycles. The molecule has 10 heteroatoms. The number of unbranched alkanes of at least 4 members (excludes halogenated alkanes) is 1. The number of esters is 2. The molecule has 0 amide bonds. The maximum Gasteiger partial charge on any atom is 0.458 e. The molecule has 214 valence electrons. The lowest BCUT2D eigenvalue weighted by Crippen LogP contribution is -2.46. The van der Waals surface area contributed by atoms with E-state index in [9.17, 15) is 18.4 Å². The van der Waals surface area contributed by atoms with Gasteiger partial charge in [-0.3, -0.25) is 0 Å². The number of hydrogen-bond donors (Lipinski definition) is 1. The van der Waals surface area contributed by atoms with Crippen LogP contribution in [0.4, 0.5) is 8.78 Å². The molecular weight excluding hydrogens is 536 g/mol. The summed E-state index contributed by atoms with van der Waals surface area (Å²) in [4.78, 5) is 22.9. The Morgan fingerprint density at radius 1 is 0.829 bits per heavy atom. The highest BCUT2D eigenvalue weighted by molar-refractivity contribution is 6.31. The molecule has 0 bridgehead atoms. The van der Waals surface area contributed by atoms with Crippen molar-refractivity contribution in [2.24, 2.45) is 0 Å². The molecule has 3 aromatic rings. The highest BCUT2D eigenvalue weighted by Crippen LogP contribution is 2.46. The fourth-order valence-corrected chi connectivity index (χ4v) is 5.66. The first-order valence-corrected chi connectivity index (χ1v) is 13.7. The minimum Gasteiger partial charge on any atom is -0.477 e. The SMILES string of the molecule is O=C1OC2(COc3c(CCCNCCCCC4(c5ccc(F)cc5)OCc5cc(F)ccc54)cccc3O2)OC1=O. The van der Waals surface area contributed by atoms with Crippen molar-refractivity contribution in [1.82, 2.24) is 5.32 Å². The van der Waals surface area contributed by atoms with Crippen molar-refractivity contribution in [3.05, 3.63) is 94.6 Å². The molecule has 41 heavy (non-hydrogen) atoms. The molecule has 1 saturated heterocycles. The van der Waals surface area contributed by atoms with E-state index >= 15 is 0 Å². The van der Waals surface area contributed by atoms with Gasteiger partial charge in [0, 0.05) is 0 Å². The Morgan fingerprint density at radius 3 is 2.39 bits per heavy atom. The minimum absolute atomic E-state index is 0.241. The first-order valence-electron chi connectivity index (χ1n) is 13.7. The summed E-state index contributed by atoms with van der Waals surface area (Å²) in [7, 11) is 0. The predicted octanol–water partition coefficient (Wildman–Crippen LogP) is 4.66. The molecule has 0 saturated carbocycles. The third kappa shape index (κ3) is 5.37. The van der Waals surface area contributed by atoms with Crippen LogP contribution in [0.5, 0.6) is 11.5 Å². The van der Waals surface area contributed by atoms with Crippen molar-refractivity contribution in [2.45, 2.75) is 50.3 Å². The van der Waals surface area contributed by atoms with E-state index in [4.69, 9.17) is 23.7 Å². The Kier molecular flexibility index (Phi) is 7.35. The lowest BCUT2D eigenvalue weighted by molar-refractivity contribution is -0.294. The lowest BCUT2D eigenvalue weighted by Gasteiger charge is -2.31. The molecule has 8 nitrogen and oxygen atoms in total. The fourth-order valence-electron chi connectivity index (χ4n) is 5.66. The molecule has 3 aliphatic heterocycles. The van der Waals surface area contributed by atoms with Crippen LogP contribution >= 0.6 is 0 Å². The number of benzene rings is 3. The van der Waals surface area contributed by atoms with Gasteiger partial charge >= 0.3 is 17.9 Å². The van der Waals surface area contributed by atoms with Gasteiger partial charge in [0.05, 0.1) is 6.61 Å². The number of hydrogen-bond acceptors (Lipinski definition) is 8. The molecule has 1 fully saturated rings. The van der Waals surface area contributed by atoms with E-state index in [1.54, 1.807) is 30.3 Å². The summed E-state index contributed by atoms with van der Waals surface area (Å²) in [5, 5.41) is 3.47. The summed E-state index contributed by atoms with van der Waals surface area (Å²) in [6.45, 7) is 1.67. The quantitative estimate of drug-likeness (QED) is 0.216. The summed E-state index contributed by atoms with van der Waals surface area (Å²) in [5.74, 6) is -3.80. The van der Waals surface area contributed by atoms with Gasteiger partial charge in [0.15, 0.2) is 11.5 Å². The van der Waals surface area contributed by atoms with E-state index in [0.29, 0.717) is 24.5 Å². The Bertz CT molecular complexity index is 1450.